The Kier molecular flexibility index (Phi) is 3.68. The SMILES string of the molecule is Nc1ccc(S(=O)(=O)NCC2(CO)CC2)c(Br)c1. The number of nitrogens with one attached hydrogen (secondary N) is 1. The fraction of sp³-hybridized carbons (Fsp3) is 0.455. The van der Waals surface area contributed by atoms with Crippen LogP contribution >= 0.6 is 15.9 Å². The Morgan fingerprint density at radius 1 is 1.44 bits per heavy atom. The second-order valence-corrected chi connectivity index (χ2v) is 7.26. The minimum absolute atomic E-state index is 0.0123. The van der Waals surface area contributed by atoms with Gasteiger partial charge in [-0.05, 0) is 47.0 Å². The lowest BCUT2D eigenvalue weighted by atomic mass is 10.1. The maximum atomic E-state index is 12.1. The van der Waals surface area contributed by atoms with Crippen molar-refractivity contribution in [1.82, 2.24) is 4.72 Å². The van der Waals surface area contributed by atoms with E-state index in [9.17, 15) is 8.42 Å². The molecule has 0 heterocycles. The predicted octanol–water partition coefficient (Wildman–Crippen LogP) is 1.08. The van der Waals surface area contributed by atoms with Crippen LogP contribution in [0.2, 0.25) is 0 Å². The Morgan fingerprint density at radius 3 is 2.61 bits per heavy atom. The molecule has 4 N–H and O–H groups in total. The number of nitrogen functional groups attached to an aromatic ring is 1. The van der Waals surface area contributed by atoms with Crippen molar-refractivity contribution >= 4 is 31.6 Å². The summed E-state index contributed by atoms with van der Waals surface area (Å²) in [4.78, 5) is 0.158. The zero-order chi connectivity index (χ0) is 13.4. The van der Waals surface area contributed by atoms with E-state index < -0.39 is 10.0 Å². The lowest BCUT2D eigenvalue weighted by Crippen LogP contribution is -2.32. The molecule has 100 valence electrons. The average Bonchev–Trinajstić information content (AvgIpc) is 3.07. The van der Waals surface area contributed by atoms with Gasteiger partial charge in [0.1, 0.15) is 0 Å². The van der Waals surface area contributed by atoms with Crippen LogP contribution in [0, 0.1) is 5.41 Å². The number of sulfonamides is 1. The maximum absolute atomic E-state index is 12.1. The number of aliphatic hydroxyl groups excluding tert-OH is 1. The molecule has 0 radical (unpaired) electrons. The summed E-state index contributed by atoms with van der Waals surface area (Å²) in [6, 6.07) is 4.55. The Hall–Kier alpha value is -0.630. The highest BCUT2D eigenvalue weighted by atomic mass is 79.9. The van der Waals surface area contributed by atoms with Gasteiger partial charge in [-0.15, -0.1) is 0 Å². The standard InChI is InChI=1S/C11H15BrN2O3S/c12-9-5-8(13)1-2-10(9)18(16,17)14-6-11(7-15)3-4-11/h1-2,5,14-15H,3-4,6-7,13H2. The number of aliphatic hydroxyl groups is 1. The average molecular weight is 335 g/mol. The van der Waals surface area contributed by atoms with Gasteiger partial charge in [0, 0.05) is 28.7 Å². The van der Waals surface area contributed by atoms with Crippen LogP contribution in [0.4, 0.5) is 5.69 Å². The van der Waals surface area contributed by atoms with Gasteiger partial charge in [-0.1, -0.05) is 0 Å². The van der Waals surface area contributed by atoms with Crippen LogP contribution in [0.3, 0.4) is 0 Å². The molecule has 0 atom stereocenters. The van der Waals surface area contributed by atoms with E-state index in [1.807, 2.05) is 0 Å². The van der Waals surface area contributed by atoms with Gasteiger partial charge in [0.05, 0.1) is 4.90 Å². The number of rotatable bonds is 5. The van der Waals surface area contributed by atoms with Gasteiger partial charge in [-0.3, -0.25) is 0 Å². The van der Waals surface area contributed by atoms with Gasteiger partial charge >= 0.3 is 0 Å². The molecule has 0 saturated heterocycles. The topological polar surface area (TPSA) is 92.4 Å². The van der Waals surface area contributed by atoms with Crippen molar-refractivity contribution in [3.63, 3.8) is 0 Å². The molecule has 0 aliphatic heterocycles. The van der Waals surface area contributed by atoms with E-state index in [0.717, 1.165) is 12.8 Å². The van der Waals surface area contributed by atoms with Crippen LogP contribution in [-0.2, 0) is 10.0 Å². The summed E-state index contributed by atoms with van der Waals surface area (Å²) in [6.45, 7) is 0.279. The van der Waals surface area contributed by atoms with Crippen molar-refractivity contribution in [2.75, 3.05) is 18.9 Å². The van der Waals surface area contributed by atoms with Gasteiger partial charge in [0.15, 0.2) is 0 Å². The van der Waals surface area contributed by atoms with Crippen molar-refractivity contribution < 1.29 is 13.5 Å². The number of hydrogen-bond donors (Lipinski definition) is 3. The first-order valence-corrected chi connectivity index (χ1v) is 7.82. The summed E-state index contributed by atoms with van der Waals surface area (Å²) in [6.07, 6.45) is 1.71. The zero-order valence-electron chi connectivity index (χ0n) is 9.69. The second kappa shape index (κ2) is 4.80. The molecule has 0 bridgehead atoms. The van der Waals surface area contributed by atoms with E-state index in [1.54, 1.807) is 6.07 Å². The molecule has 0 unspecified atom stereocenters. The van der Waals surface area contributed by atoms with E-state index in [-0.39, 0.29) is 23.5 Å². The third kappa shape index (κ3) is 2.85. The third-order valence-corrected chi connectivity index (χ3v) is 5.55. The van der Waals surface area contributed by atoms with E-state index in [4.69, 9.17) is 10.8 Å². The molecule has 0 spiro atoms. The van der Waals surface area contributed by atoms with Crippen LogP contribution in [-0.4, -0.2) is 26.7 Å². The molecule has 1 aliphatic carbocycles. The zero-order valence-corrected chi connectivity index (χ0v) is 12.1. The highest BCUT2D eigenvalue weighted by Crippen LogP contribution is 2.44. The first-order chi connectivity index (χ1) is 8.38. The van der Waals surface area contributed by atoms with E-state index >= 15 is 0 Å². The summed E-state index contributed by atoms with van der Waals surface area (Å²) in [5.41, 5.74) is 5.81. The Bertz CT molecular complexity index is 555. The van der Waals surface area contributed by atoms with Crippen molar-refractivity contribution in [1.29, 1.82) is 0 Å². The van der Waals surface area contributed by atoms with Crippen LogP contribution in [0.1, 0.15) is 12.8 Å². The van der Waals surface area contributed by atoms with Crippen LogP contribution in [0.15, 0.2) is 27.6 Å². The molecule has 0 aromatic heterocycles. The molecular weight excluding hydrogens is 320 g/mol. The van der Waals surface area contributed by atoms with E-state index in [2.05, 4.69) is 20.7 Å². The van der Waals surface area contributed by atoms with Crippen molar-refractivity contribution in [3.05, 3.63) is 22.7 Å². The third-order valence-electron chi connectivity index (χ3n) is 3.18. The quantitative estimate of drug-likeness (QED) is 0.702. The minimum Gasteiger partial charge on any atom is -0.399 e. The summed E-state index contributed by atoms with van der Waals surface area (Å²) in [5, 5.41) is 9.15. The lowest BCUT2D eigenvalue weighted by molar-refractivity contribution is 0.213. The minimum atomic E-state index is -3.57. The number of anilines is 1. The molecule has 1 aromatic rings. The Morgan fingerprint density at radius 2 is 2.11 bits per heavy atom. The number of hydrogen-bond acceptors (Lipinski definition) is 4. The molecule has 1 aromatic carbocycles. The van der Waals surface area contributed by atoms with Gasteiger partial charge in [-0.25, -0.2) is 13.1 Å². The molecule has 18 heavy (non-hydrogen) atoms. The number of benzene rings is 1. The first kappa shape index (κ1) is 13.8. The molecule has 1 aliphatic rings. The van der Waals surface area contributed by atoms with Gasteiger partial charge in [-0.2, -0.15) is 0 Å². The molecule has 0 amide bonds. The van der Waals surface area contributed by atoms with Crippen LogP contribution < -0.4 is 10.5 Å². The second-order valence-electron chi connectivity index (χ2n) is 4.67. The normalized spacial score (nSPS) is 17.7. The molecule has 7 heteroatoms. The monoisotopic (exact) mass is 334 g/mol. The highest BCUT2D eigenvalue weighted by molar-refractivity contribution is 9.10. The summed E-state index contributed by atoms with van der Waals surface area (Å²) in [7, 11) is -3.57. The Labute approximate surface area is 115 Å². The number of halogens is 1. The molecule has 5 nitrogen and oxygen atoms in total. The Balaban J connectivity index is 2.15. The maximum Gasteiger partial charge on any atom is 0.241 e. The van der Waals surface area contributed by atoms with Crippen LogP contribution in [0.5, 0.6) is 0 Å². The van der Waals surface area contributed by atoms with Crippen LogP contribution in [0.25, 0.3) is 0 Å². The van der Waals surface area contributed by atoms with Crippen molar-refractivity contribution in [2.24, 2.45) is 5.41 Å². The highest BCUT2D eigenvalue weighted by Gasteiger charge is 2.42. The summed E-state index contributed by atoms with van der Waals surface area (Å²) < 4.78 is 27.1. The largest absolute Gasteiger partial charge is 0.399 e. The van der Waals surface area contributed by atoms with Crippen molar-refractivity contribution in [3.8, 4) is 0 Å². The molecule has 1 saturated carbocycles. The van der Waals surface area contributed by atoms with Gasteiger partial charge in [0.25, 0.3) is 0 Å². The van der Waals surface area contributed by atoms with E-state index in [1.165, 1.54) is 12.1 Å². The molecule has 2 rings (SSSR count). The van der Waals surface area contributed by atoms with Gasteiger partial charge in [0.2, 0.25) is 10.0 Å². The van der Waals surface area contributed by atoms with Crippen molar-refractivity contribution in [2.45, 2.75) is 17.7 Å². The molecule has 1 fully saturated rings. The first-order valence-electron chi connectivity index (χ1n) is 5.54. The summed E-state index contributed by atoms with van der Waals surface area (Å²) in [5.74, 6) is 0. The predicted molar refractivity (Wildman–Crippen MR) is 72.5 cm³/mol. The summed E-state index contributed by atoms with van der Waals surface area (Å²) >= 11 is 3.19. The lowest BCUT2D eigenvalue weighted by Gasteiger charge is -2.14. The smallest absolute Gasteiger partial charge is 0.241 e. The number of nitrogens with two attached hydrogens (primary N) is 1. The fourth-order valence-electron chi connectivity index (χ4n) is 1.63. The fourth-order valence-corrected chi connectivity index (χ4v) is 3.88. The van der Waals surface area contributed by atoms with Gasteiger partial charge < -0.3 is 10.8 Å². The van der Waals surface area contributed by atoms with E-state index in [0.29, 0.717) is 10.2 Å². The molecular formula is C11H15BrN2O3S.